The van der Waals surface area contributed by atoms with E-state index < -0.39 is 17.0 Å². The molecule has 1 rings (SSSR count). The summed E-state index contributed by atoms with van der Waals surface area (Å²) in [5, 5.41) is 8.46. The highest BCUT2D eigenvalue weighted by atomic mass is 32.1. The van der Waals surface area contributed by atoms with Gasteiger partial charge in [-0.05, 0) is 7.05 Å². The summed E-state index contributed by atoms with van der Waals surface area (Å²) in [4.78, 5) is 14.4. The van der Waals surface area contributed by atoms with Gasteiger partial charge in [0.2, 0.25) is 0 Å². The largest absolute Gasteiger partial charge is 0.480 e. The minimum Gasteiger partial charge on any atom is -0.480 e. The number of carboxylic acids is 1. The topological polar surface area (TPSA) is 53.4 Å². The van der Waals surface area contributed by atoms with Gasteiger partial charge in [0.15, 0.2) is 0 Å². The van der Waals surface area contributed by atoms with Crippen molar-refractivity contribution in [1.29, 1.82) is 0 Å². The molecule has 0 radical (unpaired) electrons. The number of aromatic nitrogens is 1. The summed E-state index contributed by atoms with van der Waals surface area (Å²) in [5.74, 6) is -1.09. The Morgan fingerprint density at radius 2 is 2.25 bits per heavy atom. The highest BCUT2D eigenvalue weighted by Crippen LogP contribution is 2.34. The molecule has 0 aliphatic rings. The third kappa shape index (κ3) is 3.46. The lowest BCUT2D eigenvalue weighted by Gasteiger charge is -2.14. The normalized spacial score (nSPS) is 12.1. The van der Waals surface area contributed by atoms with Crippen molar-refractivity contribution in [2.45, 2.75) is 12.7 Å². The van der Waals surface area contributed by atoms with Crippen LogP contribution in [0.25, 0.3) is 0 Å². The fraction of sp³-hybridized carbons (Fsp3) is 0.500. The van der Waals surface area contributed by atoms with Gasteiger partial charge < -0.3 is 5.11 Å². The van der Waals surface area contributed by atoms with E-state index in [9.17, 15) is 18.0 Å². The molecule has 0 fully saturated rings. The van der Waals surface area contributed by atoms with Crippen LogP contribution in [0.5, 0.6) is 0 Å². The van der Waals surface area contributed by atoms with Crippen LogP contribution in [-0.4, -0.2) is 34.6 Å². The van der Waals surface area contributed by atoms with Crippen LogP contribution in [0.15, 0.2) is 5.51 Å². The number of hydrogen-bond acceptors (Lipinski definition) is 4. The molecular weight excluding hydrogens is 245 g/mol. The van der Waals surface area contributed by atoms with Crippen molar-refractivity contribution in [3.63, 3.8) is 0 Å². The Bertz CT molecular complexity index is 378. The monoisotopic (exact) mass is 254 g/mol. The van der Waals surface area contributed by atoms with Crippen LogP contribution in [0.3, 0.4) is 0 Å². The lowest BCUT2D eigenvalue weighted by atomic mass is 10.3. The van der Waals surface area contributed by atoms with Crippen molar-refractivity contribution in [1.82, 2.24) is 9.88 Å². The minimum atomic E-state index is -4.43. The predicted octanol–water partition coefficient (Wildman–Crippen LogP) is 1.68. The standard InChI is InChI=1S/C8H9F3N2O2S/c1-13(3-6(14)15)2-5-7(8(9,10)11)16-4-12-5/h4H,2-3H2,1H3,(H,14,15). The van der Waals surface area contributed by atoms with Crippen LogP contribution in [0.4, 0.5) is 13.2 Å². The van der Waals surface area contributed by atoms with Gasteiger partial charge in [0.05, 0.1) is 17.7 Å². The Labute approximate surface area is 93.3 Å². The molecule has 8 heteroatoms. The molecule has 0 aromatic carbocycles. The summed E-state index contributed by atoms with van der Waals surface area (Å²) in [6.45, 7) is -0.459. The fourth-order valence-corrected chi connectivity index (χ4v) is 1.83. The molecule has 1 heterocycles. The third-order valence-electron chi connectivity index (χ3n) is 1.72. The minimum absolute atomic E-state index is 0.134. The van der Waals surface area contributed by atoms with Crippen LogP contribution >= 0.6 is 11.3 Å². The summed E-state index contributed by atoms with van der Waals surface area (Å²) < 4.78 is 37.3. The molecule has 1 aromatic rings. The van der Waals surface area contributed by atoms with Gasteiger partial charge in [-0.2, -0.15) is 13.2 Å². The molecule has 0 amide bonds. The lowest BCUT2D eigenvalue weighted by molar-refractivity contribution is -0.138. The number of carbonyl (C=O) groups is 1. The number of rotatable bonds is 4. The second-order valence-corrected chi connectivity index (χ2v) is 4.05. The van der Waals surface area contributed by atoms with E-state index in [1.165, 1.54) is 11.9 Å². The number of carboxylic acid groups (broad SMARTS) is 1. The maximum absolute atomic E-state index is 12.4. The van der Waals surface area contributed by atoms with Crippen molar-refractivity contribution in [2.75, 3.05) is 13.6 Å². The van der Waals surface area contributed by atoms with Gasteiger partial charge in [-0.15, -0.1) is 11.3 Å². The number of likely N-dealkylation sites (N-methyl/N-ethyl adjacent to an activating group) is 1. The second-order valence-electron chi connectivity index (χ2n) is 3.19. The van der Waals surface area contributed by atoms with Gasteiger partial charge in [0.25, 0.3) is 0 Å². The zero-order valence-electron chi connectivity index (χ0n) is 8.28. The Balaban J connectivity index is 2.74. The van der Waals surface area contributed by atoms with Gasteiger partial charge >= 0.3 is 12.1 Å². The average molecular weight is 254 g/mol. The third-order valence-corrected chi connectivity index (χ3v) is 2.64. The summed E-state index contributed by atoms with van der Waals surface area (Å²) in [7, 11) is 1.42. The first kappa shape index (κ1) is 12.9. The van der Waals surface area contributed by atoms with Gasteiger partial charge in [-0.1, -0.05) is 0 Å². The number of aliphatic carboxylic acids is 1. The molecule has 0 aliphatic carbocycles. The van der Waals surface area contributed by atoms with Crippen molar-refractivity contribution in [3.05, 3.63) is 16.1 Å². The first-order chi connectivity index (χ1) is 7.30. The summed E-state index contributed by atoms with van der Waals surface area (Å²) in [6.07, 6.45) is -4.43. The maximum atomic E-state index is 12.4. The van der Waals surface area contributed by atoms with Gasteiger partial charge in [-0.3, -0.25) is 9.69 Å². The van der Waals surface area contributed by atoms with Crippen molar-refractivity contribution >= 4 is 17.3 Å². The van der Waals surface area contributed by atoms with Gasteiger partial charge in [0.1, 0.15) is 4.88 Å². The second kappa shape index (κ2) is 4.79. The fourth-order valence-electron chi connectivity index (χ4n) is 1.15. The van der Waals surface area contributed by atoms with E-state index in [2.05, 4.69) is 4.98 Å². The van der Waals surface area contributed by atoms with E-state index in [4.69, 9.17) is 5.11 Å². The smallest absolute Gasteiger partial charge is 0.427 e. The quantitative estimate of drug-likeness (QED) is 0.888. The Hall–Kier alpha value is -1.15. The molecule has 16 heavy (non-hydrogen) atoms. The molecule has 0 saturated heterocycles. The first-order valence-corrected chi connectivity index (χ1v) is 5.08. The number of alkyl halides is 3. The van der Waals surface area contributed by atoms with Crippen molar-refractivity contribution in [3.8, 4) is 0 Å². The molecule has 0 spiro atoms. The molecule has 0 saturated carbocycles. The molecule has 1 aromatic heterocycles. The van der Waals surface area contributed by atoms with Crippen molar-refractivity contribution in [2.24, 2.45) is 0 Å². The summed E-state index contributed by atoms with van der Waals surface area (Å²) in [5.41, 5.74) is 0.966. The lowest BCUT2D eigenvalue weighted by Crippen LogP contribution is -2.26. The first-order valence-electron chi connectivity index (χ1n) is 4.20. The molecule has 0 bridgehead atoms. The SMILES string of the molecule is CN(CC(=O)O)Cc1ncsc1C(F)(F)F. The van der Waals surface area contributed by atoms with E-state index in [1.807, 2.05) is 0 Å². The van der Waals surface area contributed by atoms with E-state index in [1.54, 1.807) is 0 Å². The number of halogens is 3. The number of nitrogens with zero attached hydrogens (tertiary/aromatic N) is 2. The summed E-state index contributed by atoms with van der Waals surface area (Å²) in [6, 6.07) is 0. The van der Waals surface area contributed by atoms with E-state index in [-0.39, 0.29) is 18.8 Å². The molecule has 4 nitrogen and oxygen atoms in total. The molecule has 0 atom stereocenters. The number of thiazole rings is 1. The molecular formula is C8H9F3N2O2S. The highest BCUT2D eigenvalue weighted by molar-refractivity contribution is 7.09. The molecule has 90 valence electrons. The van der Waals surface area contributed by atoms with Crippen LogP contribution < -0.4 is 0 Å². The predicted molar refractivity (Wildman–Crippen MR) is 51.1 cm³/mol. The zero-order chi connectivity index (χ0) is 12.3. The van der Waals surface area contributed by atoms with Crippen molar-refractivity contribution < 1.29 is 23.1 Å². The Kier molecular flexibility index (Phi) is 3.87. The average Bonchev–Trinajstić information content (AvgIpc) is 2.48. The van der Waals surface area contributed by atoms with Crippen LogP contribution in [0.1, 0.15) is 10.6 Å². The van der Waals surface area contributed by atoms with Crippen LogP contribution in [0, 0.1) is 0 Å². The molecule has 1 N–H and O–H groups in total. The van der Waals surface area contributed by atoms with Gasteiger partial charge in [0, 0.05) is 6.54 Å². The highest BCUT2D eigenvalue weighted by Gasteiger charge is 2.35. The van der Waals surface area contributed by atoms with Crippen LogP contribution in [-0.2, 0) is 17.5 Å². The van der Waals surface area contributed by atoms with Crippen LogP contribution in [0.2, 0.25) is 0 Å². The maximum Gasteiger partial charge on any atom is 0.427 e. The molecule has 0 unspecified atom stereocenters. The Morgan fingerprint density at radius 3 is 2.75 bits per heavy atom. The molecule has 0 aliphatic heterocycles. The van der Waals surface area contributed by atoms with E-state index in [0.29, 0.717) is 11.3 Å². The Morgan fingerprint density at radius 1 is 1.62 bits per heavy atom. The number of hydrogen-bond donors (Lipinski definition) is 1. The van der Waals surface area contributed by atoms with E-state index in [0.717, 1.165) is 5.51 Å². The van der Waals surface area contributed by atoms with E-state index >= 15 is 0 Å². The zero-order valence-corrected chi connectivity index (χ0v) is 9.10. The van der Waals surface area contributed by atoms with Gasteiger partial charge in [-0.25, -0.2) is 4.98 Å². The summed E-state index contributed by atoms with van der Waals surface area (Å²) >= 11 is 0.507.